The Morgan fingerprint density at radius 2 is 2.53 bits per heavy atom. The summed E-state index contributed by atoms with van der Waals surface area (Å²) < 4.78 is 4.92. The number of hydrogen-bond acceptors (Lipinski definition) is 3. The molecule has 0 fully saturated rings. The monoisotopic (exact) mass is 228 g/mol. The largest absolute Gasteiger partial charge is 0.383 e. The van der Waals surface area contributed by atoms with Crippen LogP contribution in [0.4, 0.5) is 0 Å². The molecular formula is C9H16N4OS. The summed E-state index contributed by atoms with van der Waals surface area (Å²) in [7, 11) is 3.61. The highest BCUT2D eigenvalue weighted by atomic mass is 32.1. The Hall–Kier alpha value is -1.14. The van der Waals surface area contributed by atoms with Crippen LogP contribution < -0.4 is 5.32 Å². The molecule has 84 valence electrons. The van der Waals surface area contributed by atoms with Crippen molar-refractivity contribution in [2.45, 2.75) is 6.54 Å². The third kappa shape index (κ3) is 4.26. The minimum atomic E-state index is 0.652. The van der Waals surface area contributed by atoms with Crippen molar-refractivity contribution in [3.8, 4) is 0 Å². The van der Waals surface area contributed by atoms with Gasteiger partial charge in [0.25, 0.3) is 0 Å². The fourth-order valence-corrected chi connectivity index (χ4v) is 1.27. The molecule has 5 nitrogen and oxygen atoms in total. The van der Waals surface area contributed by atoms with Crippen molar-refractivity contribution in [1.29, 1.82) is 0 Å². The molecule has 0 aliphatic carbocycles. The highest BCUT2D eigenvalue weighted by Gasteiger charge is 2.04. The number of rotatable bonds is 5. The van der Waals surface area contributed by atoms with E-state index in [1.807, 2.05) is 18.1 Å². The summed E-state index contributed by atoms with van der Waals surface area (Å²) >= 11 is 5.19. The van der Waals surface area contributed by atoms with Crippen LogP contribution in [0.2, 0.25) is 0 Å². The van der Waals surface area contributed by atoms with Crippen molar-refractivity contribution < 1.29 is 4.74 Å². The van der Waals surface area contributed by atoms with Gasteiger partial charge in [-0.1, -0.05) is 0 Å². The number of hydrogen-bond donors (Lipinski definition) is 2. The second-order valence-corrected chi connectivity index (χ2v) is 3.57. The Bertz CT molecular complexity index is 288. The lowest BCUT2D eigenvalue weighted by atomic mass is 10.3. The van der Waals surface area contributed by atoms with Crippen LogP contribution in [0.1, 0.15) is 5.56 Å². The maximum Gasteiger partial charge on any atom is 0.169 e. The lowest BCUT2D eigenvalue weighted by Gasteiger charge is -2.20. The predicted octanol–water partition coefficient (Wildman–Crippen LogP) is 0.362. The number of H-pyrrole nitrogens is 1. The molecule has 0 saturated heterocycles. The van der Waals surface area contributed by atoms with Gasteiger partial charge in [-0.25, -0.2) is 0 Å². The van der Waals surface area contributed by atoms with Gasteiger partial charge >= 0.3 is 0 Å². The van der Waals surface area contributed by atoms with E-state index in [-0.39, 0.29) is 0 Å². The van der Waals surface area contributed by atoms with Crippen LogP contribution in [0.5, 0.6) is 0 Å². The molecule has 1 aromatic rings. The molecule has 0 atom stereocenters. The Balaban J connectivity index is 2.27. The third-order valence-electron chi connectivity index (χ3n) is 1.90. The summed E-state index contributed by atoms with van der Waals surface area (Å²) in [5.74, 6) is 0. The zero-order valence-corrected chi connectivity index (χ0v) is 9.80. The van der Waals surface area contributed by atoms with E-state index in [9.17, 15) is 0 Å². The smallest absolute Gasteiger partial charge is 0.169 e. The summed E-state index contributed by atoms with van der Waals surface area (Å²) in [5.41, 5.74) is 1.10. The Morgan fingerprint density at radius 1 is 1.73 bits per heavy atom. The van der Waals surface area contributed by atoms with Gasteiger partial charge in [-0.3, -0.25) is 5.10 Å². The van der Waals surface area contributed by atoms with Gasteiger partial charge in [-0.2, -0.15) is 5.10 Å². The van der Waals surface area contributed by atoms with E-state index in [1.165, 1.54) is 0 Å². The van der Waals surface area contributed by atoms with Gasteiger partial charge in [-0.05, 0) is 12.2 Å². The van der Waals surface area contributed by atoms with Crippen molar-refractivity contribution in [2.24, 2.45) is 0 Å². The molecule has 6 heteroatoms. The van der Waals surface area contributed by atoms with E-state index >= 15 is 0 Å². The molecule has 0 unspecified atom stereocenters. The van der Waals surface area contributed by atoms with Gasteiger partial charge in [-0.15, -0.1) is 0 Å². The van der Waals surface area contributed by atoms with Crippen molar-refractivity contribution in [2.75, 3.05) is 27.3 Å². The maximum absolute atomic E-state index is 5.19. The molecule has 0 aromatic carbocycles. The van der Waals surface area contributed by atoms with Crippen molar-refractivity contribution >= 4 is 17.3 Å². The van der Waals surface area contributed by atoms with Crippen LogP contribution in [0.25, 0.3) is 0 Å². The van der Waals surface area contributed by atoms with Crippen LogP contribution in [0.15, 0.2) is 12.4 Å². The first-order chi connectivity index (χ1) is 7.24. The number of nitrogens with zero attached hydrogens (tertiary/aromatic N) is 2. The number of ether oxygens (including phenoxy) is 1. The lowest BCUT2D eigenvalue weighted by Crippen LogP contribution is -2.38. The molecule has 1 heterocycles. The fourth-order valence-electron chi connectivity index (χ4n) is 1.10. The predicted molar refractivity (Wildman–Crippen MR) is 62.5 cm³/mol. The molecule has 0 saturated carbocycles. The summed E-state index contributed by atoms with van der Waals surface area (Å²) in [6, 6.07) is 0. The van der Waals surface area contributed by atoms with E-state index in [0.29, 0.717) is 11.7 Å². The number of nitrogens with one attached hydrogen (secondary N) is 2. The molecule has 0 radical (unpaired) electrons. The summed E-state index contributed by atoms with van der Waals surface area (Å²) in [6.45, 7) is 2.13. The summed E-state index contributed by atoms with van der Waals surface area (Å²) in [6.07, 6.45) is 3.64. The van der Waals surface area contributed by atoms with Crippen LogP contribution in [-0.4, -0.2) is 47.5 Å². The molecule has 1 aromatic heterocycles. The molecule has 0 bridgehead atoms. The van der Waals surface area contributed by atoms with Gasteiger partial charge in [0.15, 0.2) is 5.11 Å². The first kappa shape index (κ1) is 11.9. The SMILES string of the molecule is COCCNC(=S)N(C)Cc1cn[nH]c1. The Labute approximate surface area is 94.8 Å². The minimum absolute atomic E-state index is 0.652. The minimum Gasteiger partial charge on any atom is -0.383 e. The van der Waals surface area contributed by atoms with Crippen LogP contribution in [0.3, 0.4) is 0 Å². The standard InChI is InChI=1S/C9H16N4OS/c1-13(7-8-5-11-12-6-8)9(15)10-3-4-14-2/h5-6H,3-4,7H2,1-2H3,(H,10,15)(H,11,12). The second-order valence-electron chi connectivity index (χ2n) is 3.19. The molecule has 0 amide bonds. The molecule has 15 heavy (non-hydrogen) atoms. The number of aromatic nitrogens is 2. The topological polar surface area (TPSA) is 53.2 Å². The maximum atomic E-state index is 5.19. The number of thiocarbonyl (C=S) groups is 1. The average molecular weight is 228 g/mol. The van der Waals surface area contributed by atoms with E-state index in [2.05, 4.69) is 15.5 Å². The molecular weight excluding hydrogens is 212 g/mol. The highest BCUT2D eigenvalue weighted by molar-refractivity contribution is 7.80. The first-order valence-electron chi connectivity index (χ1n) is 4.69. The molecule has 0 spiro atoms. The summed E-state index contributed by atoms with van der Waals surface area (Å²) in [4.78, 5) is 1.95. The van der Waals surface area contributed by atoms with E-state index in [4.69, 9.17) is 17.0 Å². The molecule has 1 rings (SSSR count). The van der Waals surface area contributed by atoms with Crippen LogP contribution >= 0.6 is 12.2 Å². The Kier molecular flexibility index (Phi) is 5.06. The van der Waals surface area contributed by atoms with Crippen molar-refractivity contribution in [3.63, 3.8) is 0 Å². The van der Waals surface area contributed by atoms with Gasteiger partial charge in [0, 0.05) is 39.0 Å². The molecule has 2 N–H and O–H groups in total. The number of aromatic amines is 1. The van der Waals surface area contributed by atoms with E-state index < -0.39 is 0 Å². The van der Waals surface area contributed by atoms with Crippen molar-refractivity contribution in [3.05, 3.63) is 18.0 Å². The van der Waals surface area contributed by atoms with Gasteiger partial charge in [0.2, 0.25) is 0 Å². The van der Waals surface area contributed by atoms with Gasteiger partial charge in [0.05, 0.1) is 12.8 Å². The zero-order chi connectivity index (χ0) is 11.1. The third-order valence-corrected chi connectivity index (χ3v) is 2.36. The molecule has 0 aliphatic heterocycles. The van der Waals surface area contributed by atoms with Crippen LogP contribution in [-0.2, 0) is 11.3 Å². The van der Waals surface area contributed by atoms with Gasteiger partial charge in [0.1, 0.15) is 0 Å². The molecule has 0 aliphatic rings. The van der Waals surface area contributed by atoms with Gasteiger partial charge < -0.3 is 15.0 Å². The van der Waals surface area contributed by atoms with Crippen LogP contribution in [0, 0.1) is 0 Å². The fraction of sp³-hybridized carbons (Fsp3) is 0.556. The lowest BCUT2D eigenvalue weighted by molar-refractivity contribution is 0.203. The zero-order valence-electron chi connectivity index (χ0n) is 8.99. The normalized spacial score (nSPS) is 10.0. The second kappa shape index (κ2) is 6.36. The summed E-state index contributed by atoms with van der Waals surface area (Å²) in [5, 5.41) is 10.5. The average Bonchev–Trinajstić information content (AvgIpc) is 2.70. The number of methoxy groups -OCH3 is 1. The van der Waals surface area contributed by atoms with E-state index in [0.717, 1.165) is 18.7 Å². The quantitative estimate of drug-likeness (QED) is 0.563. The first-order valence-corrected chi connectivity index (χ1v) is 5.10. The van der Waals surface area contributed by atoms with Crippen molar-refractivity contribution in [1.82, 2.24) is 20.4 Å². The Morgan fingerprint density at radius 3 is 3.13 bits per heavy atom. The highest BCUT2D eigenvalue weighted by Crippen LogP contribution is 1.99. The van der Waals surface area contributed by atoms with E-state index in [1.54, 1.807) is 13.3 Å².